The highest BCUT2D eigenvalue weighted by molar-refractivity contribution is 5.79. The van der Waals surface area contributed by atoms with Gasteiger partial charge in [0.05, 0.1) is 23.5 Å². The summed E-state index contributed by atoms with van der Waals surface area (Å²) in [5.74, 6) is 1.34. The van der Waals surface area contributed by atoms with Gasteiger partial charge in [-0.2, -0.15) is 0 Å². The molecule has 4 nitrogen and oxygen atoms in total. The Labute approximate surface area is 116 Å². The first-order valence-corrected chi connectivity index (χ1v) is 6.39. The van der Waals surface area contributed by atoms with Gasteiger partial charge in [-0.15, -0.1) is 0 Å². The molecule has 0 saturated carbocycles. The van der Waals surface area contributed by atoms with Gasteiger partial charge in [-0.3, -0.25) is 9.97 Å². The zero-order chi connectivity index (χ0) is 13.9. The van der Waals surface area contributed by atoms with Crippen LogP contribution in [0.15, 0.2) is 54.9 Å². The number of aliphatic hydroxyl groups is 1. The van der Waals surface area contributed by atoms with Crippen molar-refractivity contribution in [3.05, 3.63) is 60.6 Å². The van der Waals surface area contributed by atoms with E-state index in [0.717, 1.165) is 10.9 Å². The Morgan fingerprint density at radius 3 is 2.65 bits per heavy atom. The van der Waals surface area contributed by atoms with Crippen LogP contribution in [0.5, 0.6) is 11.5 Å². The van der Waals surface area contributed by atoms with Gasteiger partial charge in [0.1, 0.15) is 11.5 Å². The maximum Gasteiger partial charge on any atom is 0.145 e. The van der Waals surface area contributed by atoms with E-state index < -0.39 is 6.10 Å². The largest absolute Gasteiger partial charge is 0.456 e. The van der Waals surface area contributed by atoms with Gasteiger partial charge in [-0.1, -0.05) is 6.07 Å². The first-order chi connectivity index (χ1) is 9.72. The van der Waals surface area contributed by atoms with Crippen molar-refractivity contribution in [2.75, 3.05) is 0 Å². The van der Waals surface area contributed by atoms with Crippen LogP contribution in [0.1, 0.15) is 18.7 Å². The number of ether oxygens (including phenoxy) is 1. The standard InChI is InChI=1S/C16H14N2O2/c1-11(19)15-7-6-14(10-18-15)20-13-5-4-12-3-2-8-17-16(12)9-13/h2-11,19H,1H3/t11-/m0/s1. The fourth-order valence-electron chi connectivity index (χ4n) is 1.95. The second kappa shape index (κ2) is 5.27. The second-order valence-electron chi connectivity index (χ2n) is 4.55. The number of aromatic nitrogens is 2. The highest BCUT2D eigenvalue weighted by atomic mass is 16.5. The van der Waals surface area contributed by atoms with E-state index in [1.165, 1.54) is 0 Å². The van der Waals surface area contributed by atoms with Gasteiger partial charge in [0.15, 0.2) is 0 Å². The average molecular weight is 266 g/mol. The second-order valence-corrected chi connectivity index (χ2v) is 4.55. The molecule has 0 unspecified atom stereocenters. The lowest BCUT2D eigenvalue weighted by atomic mass is 10.2. The Balaban J connectivity index is 1.85. The van der Waals surface area contributed by atoms with Gasteiger partial charge in [-0.25, -0.2) is 0 Å². The number of hydrogen-bond donors (Lipinski definition) is 1. The molecule has 0 amide bonds. The molecule has 1 aromatic carbocycles. The number of fused-ring (bicyclic) bond motifs is 1. The third-order valence-electron chi connectivity index (χ3n) is 3.00. The molecule has 1 N–H and O–H groups in total. The summed E-state index contributed by atoms with van der Waals surface area (Å²) >= 11 is 0. The predicted molar refractivity (Wildman–Crippen MR) is 76.7 cm³/mol. The SMILES string of the molecule is C[C@H](O)c1ccc(Oc2ccc3cccnc3c2)cn1. The number of rotatable bonds is 3. The van der Waals surface area contributed by atoms with E-state index in [2.05, 4.69) is 9.97 Å². The maximum absolute atomic E-state index is 9.41. The minimum Gasteiger partial charge on any atom is -0.456 e. The number of aliphatic hydroxyl groups excluding tert-OH is 1. The predicted octanol–water partition coefficient (Wildman–Crippen LogP) is 3.48. The van der Waals surface area contributed by atoms with Crippen LogP contribution in [0.25, 0.3) is 10.9 Å². The van der Waals surface area contributed by atoms with Gasteiger partial charge in [-0.05, 0) is 37.3 Å². The molecule has 0 fully saturated rings. The van der Waals surface area contributed by atoms with Gasteiger partial charge >= 0.3 is 0 Å². The number of nitrogens with zero attached hydrogens (tertiary/aromatic N) is 2. The van der Waals surface area contributed by atoms with Crippen LogP contribution in [0.2, 0.25) is 0 Å². The number of pyridine rings is 2. The average Bonchev–Trinajstić information content (AvgIpc) is 2.48. The fraction of sp³-hybridized carbons (Fsp3) is 0.125. The van der Waals surface area contributed by atoms with Gasteiger partial charge < -0.3 is 9.84 Å². The Hall–Kier alpha value is -2.46. The van der Waals surface area contributed by atoms with E-state index in [9.17, 15) is 5.11 Å². The highest BCUT2D eigenvalue weighted by Crippen LogP contribution is 2.24. The Bertz CT molecular complexity index is 724. The Morgan fingerprint density at radius 1 is 1.05 bits per heavy atom. The van der Waals surface area contributed by atoms with Gasteiger partial charge in [0, 0.05) is 17.6 Å². The number of benzene rings is 1. The van der Waals surface area contributed by atoms with E-state index in [0.29, 0.717) is 17.2 Å². The van der Waals surface area contributed by atoms with Crippen molar-refractivity contribution in [1.29, 1.82) is 0 Å². The van der Waals surface area contributed by atoms with Crippen molar-refractivity contribution in [3.8, 4) is 11.5 Å². The lowest BCUT2D eigenvalue weighted by Crippen LogP contribution is -1.95. The molecular formula is C16H14N2O2. The summed E-state index contributed by atoms with van der Waals surface area (Å²) in [6, 6.07) is 13.2. The van der Waals surface area contributed by atoms with Gasteiger partial charge in [0.25, 0.3) is 0 Å². The van der Waals surface area contributed by atoms with Gasteiger partial charge in [0.2, 0.25) is 0 Å². The van der Waals surface area contributed by atoms with Crippen molar-refractivity contribution in [2.45, 2.75) is 13.0 Å². The number of hydrogen-bond acceptors (Lipinski definition) is 4. The topological polar surface area (TPSA) is 55.2 Å². The van der Waals surface area contributed by atoms with Crippen LogP contribution in [-0.2, 0) is 0 Å². The first kappa shape index (κ1) is 12.6. The summed E-state index contributed by atoms with van der Waals surface area (Å²) < 4.78 is 5.74. The third-order valence-corrected chi connectivity index (χ3v) is 3.00. The van der Waals surface area contributed by atoms with Crippen LogP contribution in [0.4, 0.5) is 0 Å². The minimum atomic E-state index is -0.575. The summed E-state index contributed by atoms with van der Waals surface area (Å²) in [7, 11) is 0. The lowest BCUT2D eigenvalue weighted by molar-refractivity contribution is 0.194. The molecule has 0 radical (unpaired) electrons. The van der Waals surface area contributed by atoms with Crippen molar-refractivity contribution in [2.24, 2.45) is 0 Å². The smallest absolute Gasteiger partial charge is 0.145 e. The van der Waals surface area contributed by atoms with Crippen LogP contribution < -0.4 is 4.74 Å². The molecule has 20 heavy (non-hydrogen) atoms. The Kier molecular flexibility index (Phi) is 3.31. The molecule has 0 bridgehead atoms. The zero-order valence-corrected chi connectivity index (χ0v) is 11.0. The molecule has 100 valence electrons. The van der Waals surface area contributed by atoms with Crippen LogP contribution in [0.3, 0.4) is 0 Å². The lowest BCUT2D eigenvalue weighted by Gasteiger charge is -2.08. The normalized spacial score (nSPS) is 12.3. The van der Waals surface area contributed by atoms with E-state index in [1.54, 1.807) is 31.5 Å². The minimum absolute atomic E-state index is 0.575. The summed E-state index contributed by atoms with van der Waals surface area (Å²) in [6.45, 7) is 1.68. The zero-order valence-electron chi connectivity index (χ0n) is 11.0. The molecule has 2 aromatic heterocycles. The quantitative estimate of drug-likeness (QED) is 0.788. The molecule has 0 saturated heterocycles. The summed E-state index contributed by atoms with van der Waals surface area (Å²) in [4.78, 5) is 8.44. The summed E-state index contributed by atoms with van der Waals surface area (Å²) in [5.41, 5.74) is 1.51. The third kappa shape index (κ3) is 2.60. The molecule has 0 aliphatic heterocycles. The van der Waals surface area contributed by atoms with E-state index in [4.69, 9.17) is 4.74 Å². The molecular weight excluding hydrogens is 252 g/mol. The molecule has 0 aliphatic carbocycles. The van der Waals surface area contributed by atoms with E-state index >= 15 is 0 Å². The van der Waals surface area contributed by atoms with Crippen molar-refractivity contribution in [1.82, 2.24) is 9.97 Å². The molecule has 4 heteroatoms. The fourth-order valence-corrected chi connectivity index (χ4v) is 1.95. The van der Waals surface area contributed by atoms with Crippen molar-refractivity contribution < 1.29 is 9.84 Å². The maximum atomic E-state index is 9.41. The van der Waals surface area contributed by atoms with Crippen LogP contribution in [0, 0.1) is 0 Å². The molecule has 3 rings (SSSR count). The molecule has 3 aromatic rings. The molecule has 2 heterocycles. The Morgan fingerprint density at radius 2 is 1.90 bits per heavy atom. The summed E-state index contributed by atoms with van der Waals surface area (Å²) in [6.07, 6.45) is 2.78. The molecule has 0 aliphatic rings. The van der Waals surface area contributed by atoms with E-state index in [1.807, 2.05) is 30.3 Å². The monoisotopic (exact) mass is 266 g/mol. The van der Waals surface area contributed by atoms with Crippen LogP contribution in [-0.4, -0.2) is 15.1 Å². The highest BCUT2D eigenvalue weighted by Gasteiger charge is 2.04. The van der Waals surface area contributed by atoms with Crippen molar-refractivity contribution in [3.63, 3.8) is 0 Å². The summed E-state index contributed by atoms with van der Waals surface area (Å²) in [5, 5.41) is 10.5. The van der Waals surface area contributed by atoms with E-state index in [-0.39, 0.29) is 0 Å². The molecule has 0 spiro atoms. The van der Waals surface area contributed by atoms with Crippen molar-refractivity contribution >= 4 is 10.9 Å². The van der Waals surface area contributed by atoms with Crippen LogP contribution >= 0.6 is 0 Å². The first-order valence-electron chi connectivity index (χ1n) is 6.39. The molecule has 1 atom stereocenters.